The van der Waals surface area contributed by atoms with Crippen LogP contribution in [0.2, 0.25) is 0 Å². The van der Waals surface area contributed by atoms with Gasteiger partial charge in [-0.25, -0.2) is 0 Å². The van der Waals surface area contributed by atoms with E-state index >= 15 is 0 Å². The molecule has 1 amide bonds. The number of hydrogen-bond donors (Lipinski definition) is 1. The average Bonchev–Trinajstić information content (AvgIpc) is 2.98. The van der Waals surface area contributed by atoms with Crippen molar-refractivity contribution in [2.75, 3.05) is 18.2 Å². The highest BCUT2D eigenvalue weighted by Gasteiger charge is 2.18. The van der Waals surface area contributed by atoms with Crippen LogP contribution >= 0.6 is 11.8 Å². The highest BCUT2D eigenvalue weighted by atomic mass is 32.2. The van der Waals surface area contributed by atoms with Gasteiger partial charge in [-0.05, 0) is 18.9 Å². The number of benzene rings is 1. The second-order valence-corrected chi connectivity index (χ2v) is 6.20. The number of carbonyl (C=O) groups excluding carboxylic acids is 1. The Balaban J connectivity index is 1.97. The highest BCUT2D eigenvalue weighted by molar-refractivity contribution is 8.00. The summed E-state index contributed by atoms with van der Waals surface area (Å²) in [4.78, 5) is 22.2. The fraction of sp³-hybridized carbons (Fsp3) is 0.500. The third-order valence-corrected chi connectivity index (χ3v) is 4.79. The van der Waals surface area contributed by atoms with E-state index in [1.165, 1.54) is 38.2 Å². The molecule has 21 heavy (non-hydrogen) atoms. The molecule has 1 aliphatic rings. The minimum atomic E-state index is -0.498. The Morgan fingerprint density at radius 1 is 1.48 bits per heavy atom. The molecule has 1 aromatic carbocycles. The molecule has 0 radical (unpaired) electrons. The van der Waals surface area contributed by atoms with Gasteiger partial charge in [0.05, 0.1) is 23.5 Å². The lowest BCUT2D eigenvalue weighted by Crippen LogP contribution is -2.16. The Morgan fingerprint density at radius 2 is 2.19 bits per heavy atom. The molecule has 2 rings (SSSR count). The number of nitrogens with one attached hydrogen (secondary N) is 1. The number of non-ortho nitro benzene ring substituents is 1. The summed E-state index contributed by atoms with van der Waals surface area (Å²) in [6.07, 6.45) is 4.80. The van der Waals surface area contributed by atoms with E-state index in [9.17, 15) is 14.9 Å². The number of rotatable bonds is 6. The molecule has 7 heteroatoms. The third kappa shape index (κ3) is 4.35. The predicted molar refractivity (Wildman–Crippen MR) is 83.0 cm³/mol. The van der Waals surface area contributed by atoms with Gasteiger partial charge in [-0.2, -0.15) is 0 Å². The average molecular weight is 310 g/mol. The summed E-state index contributed by atoms with van der Waals surface area (Å²) >= 11 is 1.65. The lowest BCUT2D eigenvalue weighted by atomic mass is 10.2. The number of carbonyl (C=O) groups is 1. The summed E-state index contributed by atoms with van der Waals surface area (Å²) < 4.78 is 5.11. The first-order valence-electron chi connectivity index (χ1n) is 6.84. The number of ether oxygens (including phenoxy) is 1. The van der Waals surface area contributed by atoms with Gasteiger partial charge >= 0.3 is 0 Å². The standard InChI is InChI=1S/C14H18N2O4S/c1-20-13-7-6-10(16(18)19)8-12(13)15-14(17)9-21-11-4-2-3-5-11/h6-8,11H,2-5,9H2,1H3,(H,15,17). The maximum atomic E-state index is 12.0. The van der Waals surface area contributed by atoms with E-state index in [4.69, 9.17) is 4.74 Å². The molecule has 6 nitrogen and oxygen atoms in total. The number of nitro groups is 1. The highest BCUT2D eigenvalue weighted by Crippen LogP contribution is 2.31. The number of thioether (sulfide) groups is 1. The molecule has 0 saturated heterocycles. The molecule has 1 aromatic rings. The SMILES string of the molecule is COc1ccc([N+](=O)[O-])cc1NC(=O)CSC1CCCC1. The largest absolute Gasteiger partial charge is 0.495 e. The van der Waals surface area contributed by atoms with Gasteiger partial charge < -0.3 is 10.1 Å². The van der Waals surface area contributed by atoms with E-state index in [0.717, 1.165) is 12.8 Å². The van der Waals surface area contributed by atoms with Crippen LogP contribution in [-0.2, 0) is 4.79 Å². The lowest BCUT2D eigenvalue weighted by Gasteiger charge is -2.11. The molecule has 0 bridgehead atoms. The van der Waals surface area contributed by atoms with Crippen LogP contribution in [0.4, 0.5) is 11.4 Å². The van der Waals surface area contributed by atoms with E-state index in [1.54, 1.807) is 11.8 Å². The van der Waals surface area contributed by atoms with Gasteiger partial charge in [0, 0.05) is 17.4 Å². The van der Waals surface area contributed by atoms with Gasteiger partial charge in [0.25, 0.3) is 5.69 Å². The maximum Gasteiger partial charge on any atom is 0.271 e. The van der Waals surface area contributed by atoms with Crippen LogP contribution in [0, 0.1) is 10.1 Å². The molecule has 0 spiro atoms. The van der Waals surface area contributed by atoms with E-state index < -0.39 is 4.92 Å². The summed E-state index contributed by atoms with van der Waals surface area (Å²) in [5.41, 5.74) is 0.262. The second kappa shape index (κ2) is 7.31. The van der Waals surface area contributed by atoms with Crippen molar-refractivity contribution in [2.24, 2.45) is 0 Å². The fourth-order valence-electron chi connectivity index (χ4n) is 2.34. The molecule has 0 unspecified atom stereocenters. The van der Waals surface area contributed by atoms with Crippen molar-refractivity contribution in [3.05, 3.63) is 28.3 Å². The number of hydrogen-bond acceptors (Lipinski definition) is 5. The summed E-state index contributed by atoms with van der Waals surface area (Å²) in [5.74, 6) is 0.613. The van der Waals surface area contributed by atoms with Crippen LogP contribution in [0.3, 0.4) is 0 Å². The molecule has 0 atom stereocenters. The van der Waals surface area contributed by atoms with Crippen molar-refractivity contribution in [1.82, 2.24) is 0 Å². The normalized spacial score (nSPS) is 14.9. The van der Waals surface area contributed by atoms with Crippen LogP contribution in [0.1, 0.15) is 25.7 Å². The Bertz CT molecular complexity index is 530. The molecule has 0 aliphatic heterocycles. The van der Waals surface area contributed by atoms with Gasteiger partial charge in [0.2, 0.25) is 5.91 Å². The van der Waals surface area contributed by atoms with Crippen LogP contribution in [-0.4, -0.2) is 28.9 Å². The minimum absolute atomic E-state index is 0.0745. The second-order valence-electron chi connectivity index (χ2n) is 4.91. The Labute approximate surface area is 127 Å². The summed E-state index contributed by atoms with van der Waals surface area (Å²) in [6, 6.07) is 4.15. The Morgan fingerprint density at radius 3 is 2.81 bits per heavy atom. The van der Waals surface area contributed by atoms with E-state index in [0.29, 0.717) is 22.4 Å². The Kier molecular flexibility index (Phi) is 5.44. The van der Waals surface area contributed by atoms with E-state index in [-0.39, 0.29) is 11.6 Å². The van der Waals surface area contributed by atoms with Gasteiger partial charge in [0.15, 0.2) is 0 Å². The van der Waals surface area contributed by atoms with Crippen molar-refractivity contribution in [3.63, 3.8) is 0 Å². The number of nitro benzene ring substituents is 1. The molecular weight excluding hydrogens is 292 g/mol. The molecule has 114 valence electrons. The first-order chi connectivity index (χ1) is 10.1. The summed E-state index contributed by atoms with van der Waals surface area (Å²) in [7, 11) is 1.46. The van der Waals surface area contributed by atoms with Crippen molar-refractivity contribution < 1.29 is 14.5 Å². The zero-order chi connectivity index (χ0) is 15.2. The molecule has 1 fully saturated rings. The van der Waals surface area contributed by atoms with E-state index in [1.807, 2.05) is 0 Å². The first kappa shape index (κ1) is 15.6. The topological polar surface area (TPSA) is 81.5 Å². The van der Waals surface area contributed by atoms with Crippen LogP contribution in [0.5, 0.6) is 5.75 Å². The predicted octanol–water partition coefficient (Wildman–Crippen LogP) is 3.22. The quantitative estimate of drug-likeness (QED) is 0.644. The summed E-state index contributed by atoms with van der Waals surface area (Å²) in [5, 5.41) is 14.0. The van der Waals surface area contributed by atoms with Crippen LogP contribution in [0.15, 0.2) is 18.2 Å². The molecule has 0 aromatic heterocycles. The van der Waals surface area contributed by atoms with Crippen molar-refractivity contribution >= 4 is 29.0 Å². The number of methoxy groups -OCH3 is 1. The van der Waals surface area contributed by atoms with Gasteiger partial charge in [-0.3, -0.25) is 14.9 Å². The van der Waals surface area contributed by atoms with Crippen molar-refractivity contribution in [1.29, 1.82) is 0 Å². The lowest BCUT2D eigenvalue weighted by molar-refractivity contribution is -0.384. The van der Waals surface area contributed by atoms with Crippen molar-refractivity contribution in [2.45, 2.75) is 30.9 Å². The van der Waals surface area contributed by atoms with Crippen molar-refractivity contribution in [3.8, 4) is 5.75 Å². The monoisotopic (exact) mass is 310 g/mol. The minimum Gasteiger partial charge on any atom is -0.495 e. The number of amides is 1. The number of nitrogens with zero attached hydrogens (tertiary/aromatic N) is 1. The van der Waals surface area contributed by atoms with Crippen LogP contribution < -0.4 is 10.1 Å². The number of anilines is 1. The fourth-order valence-corrected chi connectivity index (χ4v) is 3.47. The molecule has 1 aliphatic carbocycles. The van der Waals surface area contributed by atoms with Gasteiger partial charge in [0.1, 0.15) is 5.75 Å². The molecule has 0 heterocycles. The maximum absolute atomic E-state index is 12.0. The van der Waals surface area contributed by atoms with Gasteiger partial charge in [-0.1, -0.05) is 12.8 Å². The zero-order valence-electron chi connectivity index (χ0n) is 11.8. The first-order valence-corrected chi connectivity index (χ1v) is 7.89. The summed E-state index contributed by atoms with van der Waals surface area (Å²) in [6.45, 7) is 0. The smallest absolute Gasteiger partial charge is 0.271 e. The Hall–Kier alpha value is -1.76. The zero-order valence-corrected chi connectivity index (χ0v) is 12.6. The van der Waals surface area contributed by atoms with Gasteiger partial charge in [-0.15, -0.1) is 11.8 Å². The molecule has 1 saturated carbocycles. The third-order valence-electron chi connectivity index (χ3n) is 3.42. The van der Waals surface area contributed by atoms with Crippen LogP contribution in [0.25, 0.3) is 0 Å². The molecule has 1 N–H and O–H groups in total. The molecular formula is C14H18N2O4S. The van der Waals surface area contributed by atoms with E-state index in [2.05, 4.69) is 5.32 Å².